The Balaban J connectivity index is 0.851. The minimum absolute atomic E-state index is 0.0140. The molecule has 16 heteroatoms. The number of rotatable bonds is 12. The number of amides is 4. The van der Waals surface area contributed by atoms with Crippen molar-refractivity contribution in [2.24, 2.45) is 29.1 Å². The highest BCUT2D eigenvalue weighted by molar-refractivity contribution is 5.89. The average molecular weight is 931 g/mol. The topological polar surface area (TPSA) is 175 Å². The first kappa shape index (κ1) is 45.5. The molecule has 4 fully saturated rings. The number of methoxy groups -OCH3 is 2. The summed E-state index contributed by atoms with van der Waals surface area (Å²) in [6.07, 6.45) is 7.69. The molecule has 1 spiro atoms. The Labute approximate surface area is 394 Å². The number of nitrogens with zero attached hydrogens (tertiary/aromatic N) is 4. The summed E-state index contributed by atoms with van der Waals surface area (Å²) in [5.41, 5.74) is 4.96. The first-order valence-corrected chi connectivity index (χ1v) is 24.1. The number of likely N-dealkylation sites (tertiary alicyclic amines) is 2. The summed E-state index contributed by atoms with van der Waals surface area (Å²) >= 11 is 0. The Kier molecular flexibility index (Phi) is 11.6. The van der Waals surface area contributed by atoms with E-state index < -0.39 is 30.2 Å². The third kappa shape index (κ3) is 8.16. The number of fused-ring (bicyclic) bond motifs is 6. The molecule has 4 N–H and O–H groups in total. The molecule has 5 aromatic rings. The van der Waals surface area contributed by atoms with Crippen molar-refractivity contribution in [2.75, 3.05) is 27.3 Å². The summed E-state index contributed by atoms with van der Waals surface area (Å²) in [7, 11) is 2.57. The van der Waals surface area contributed by atoms with Gasteiger partial charge in [-0.05, 0) is 121 Å². The minimum Gasteiger partial charge on any atom is -0.453 e. The van der Waals surface area contributed by atoms with Crippen LogP contribution in [0.1, 0.15) is 101 Å². The molecule has 2 bridgehead atoms. The zero-order valence-electron chi connectivity index (χ0n) is 39.5. The van der Waals surface area contributed by atoms with Gasteiger partial charge in [0.15, 0.2) is 0 Å². The first-order chi connectivity index (χ1) is 32.6. The maximum atomic E-state index is 16.7. The molecule has 10 rings (SSSR count). The van der Waals surface area contributed by atoms with Crippen molar-refractivity contribution in [1.29, 1.82) is 0 Å². The van der Waals surface area contributed by atoms with Gasteiger partial charge in [0.1, 0.15) is 23.7 Å². The van der Waals surface area contributed by atoms with Crippen LogP contribution in [0.3, 0.4) is 0 Å². The molecule has 3 aliphatic carbocycles. The largest absolute Gasteiger partial charge is 0.453 e. The van der Waals surface area contributed by atoms with Crippen LogP contribution in [0.25, 0.3) is 44.5 Å². The second-order valence-corrected chi connectivity index (χ2v) is 20.6. The Morgan fingerprint density at radius 2 is 1.43 bits per heavy atom. The maximum absolute atomic E-state index is 16.7. The number of H-pyrrole nitrogens is 2. The lowest BCUT2D eigenvalue weighted by atomic mass is 9.86. The molecular weight excluding hydrogens is 871 g/mol. The summed E-state index contributed by atoms with van der Waals surface area (Å²) in [6.45, 7) is 8.84. The molecule has 5 aliphatic rings. The number of hydrogen-bond acceptors (Lipinski definition) is 8. The molecule has 3 aromatic carbocycles. The van der Waals surface area contributed by atoms with Crippen LogP contribution < -0.4 is 10.6 Å². The van der Waals surface area contributed by atoms with Crippen LogP contribution in [0.2, 0.25) is 0 Å². The van der Waals surface area contributed by atoms with Crippen molar-refractivity contribution >= 4 is 35.0 Å². The van der Waals surface area contributed by atoms with E-state index in [1.807, 2.05) is 67.8 Å². The number of nitrogens with one attached hydrogen (secondary N) is 4. The normalized spacial score (nSPS) is 22.6. The molecule has 2 saturated heterocycles. The summed E-state index contributed by atoms with van der Waals surface area (Å²) in [4.78, 5) is 72.6. The van der Waals surface area contributed by atoms with Gasteiger partial charge in [0.2, 0.25) is 11.8 Å². The Morgan fingerprint density at radius 3 is 2.07 bits per heavy atom. The van der Waals surface area contributed by atoms with E-state index in [0.717, 1.165) is 67.4 Å². The van der Waals surface area contributed by atoms with E-state index in [2.05, 4.69) is 20.6 Å². The van der Waals surface area contributed by atoms with Crippen molar-refractivity contribution in [2.45, 2.75) is 109 Å². The average Bonchev–Trinajstić information content (AvgIpc) is 3.81. The third-order valence-electron chi connectivity index (χ3n) is 15.6. The summed E-state index contributed by atoms with van der Waals surface area (Å²) in [6, 6.07) is 14.3. The highest BCUT2D eigenvalue weighted by Gasteiger charge is 2.55. The molecular formula is C52H60F2N8O6. The van der Waals surface area contributed by atoms with Crippen molar-refractivity contribution < 1.29 is 37.4 Å². The number of carbonyl (C=O) groups is 4. The third-order valence-corrected chi connectivity index (χ3v) is 15.6. The van der Waals surface area contributed by atoms with Gasteiger partial charge in [-0.3, -0.25) is 9.59 Å². The fourth-order valence-corrected chi connectivity index (χ4v) is 11.6. The van der Waals surface area contributed by atoms with Crippen LogP contribution >= 0.6 is 0 Å². The maximum Gasteiger partial charge on any atom is 0.407 e. The van der Waals surface area contributed by atoms with Crippen molar-refractivity contribution in [3.05, 3.63) is 83.6 Å². The molecule has 6 atom stereocenters. The summed E-state index contributed by atoms with van der Waals surface area (Å²) < 4.78 is 43.0. The molecule has 2 saturated carbocycles. The number of aromatic amines is 2. The number of ether oxygens (including phenoxy) is 2. The van der Waals surface area contributed by atoms with Crippen LogP contribution in [0.4, 0.5) is 18.4 Å². The summed E-state index contributed by atoms with van der Waals surface area (Å²) in [5, 5.41) is 5.47. The van der Waals surface area contributed by atoms with Gasteiger partial charge >= 0.3 is 12.2 Å². The van der Waals surface area contributed by atoms with E-state index in [1.165, 1.54) is 20.3 Å². The van der Waals surface area contributed by atoms with Crippen LogP contribution in [0.15, 0.2) is 60.8 Å². The number of piperidine rings is 1. The van der Waals surface area contributed by atoms with Gasteiger partial charge in [-0.1, -0.05) is 58.0 Å². The lowest BCUT2D eigenvalue weighted by molar-refractivity contribution is -0.140. The molecule has 358 valence electrons. The molecule has 2 aliphatic heterocycles. The van der Waals surface area contributed by atoms with E-state index in [4.69, 9.17) is 19.4 Å². The molecule has 0 radical (unpaired) electrons. The quantitative estimate of drug-likeness (QED) is 0.0959. The number of aryl methyl sites for hydroxylation is 1. The minimum atomic E-state index is -3.27. The lowest BCUT2D eigenvalue weighted by Gasteiger charge is -2.42. The van der Waals surface area contributed by atoms with Gasteiger partial charge in [0.25, 0.3) is 5.92 Å². The van der Waals surface area contributed by atoms with Crippen LogP contribution in [0, 0.1) is 29.1 Å². The van der Waals surface area contributed by atoms with Gasteiger partial charge in [-0.15, -0.1) is 0 Å². The van der Waals surface area contributed by atoms with E-state index in [-0.39, 0.29) is 52.3 Å². The van der Waals surface area contributed by atoms with Gasteiger partial charge in [-0.25, -0.2) is 19.6 Å². The van der Waals surface area contributed by atoms with Crippen molar-refractivity contribution in [1.82, 2.24) is 40.4 Å². The predicted molar refractivity (Wildman–Crippen MR) is 251 cm³/mol. The number of benzene rings is 3. The second-order valence-electron chi connectivity index (χ2n) is 20.6. The monoisotopic (exact) mass is 930 g/mol. The SMILES string of the molecule is COC(=O)N[C@H](C(=O)N1CC2(CC2)C[C@H]1c1ncc(-c2ccc3c(c2)C(F)(F)c2cc(-c4ccc5nc(CC[C@H]6[C@@H]7CCC(C7)CN6C(=O)[C@@H](NC(=O)OC)C(C)C)[nH]c5c4)ccc2-3)[nH]1)C(C)C. The number of carbonyl (C=O) groups excluding carboxylic acids is 4. The second kappa shape index (κ2) is 17.3. The number of hydrogen-bond donors (Lipinski definition) is 4. The molecule has 4 heterocycles. The highest BCUT2D eigenvalue weighted by atomic mass is 19.3. The smallest absolute Gasteiger partial charge is 0.407 e. The van der Waals surface area contributed by atoms with E-state index in [0.29, 0.717) is 65.1 Å². The number of alkyl carbamates (subject to hydrolysis) is 2. The van der Waals surface area contributed by atoms with Crippen LogP contribution in [-0.2, 0) is 31.4 Å². The summed E-state index contributed by atoms with van der Waals surface area (Å²) in [5.74, 6) is -1.60. The molecule has 68 heavy (non-hydrogen) atoms. The van der Waals surface area contributed by atoms with E-state index in [1.54, 1.807) is 24.4 Å². The number of aromatic nitrogens is 4. The number of alkyl halides is 2. The number of halogens is 2. The Bertz CT molecular complexity index is 2800. The Morgan fingerprint density at radius 1 is 0.809 bits per heavy atom. The van der Waals surface area contributed by atoms with Crippen LogP contribution in [-0.4, -0.2) is 99.2 Å². The van der Waals surface area contributed by atoms with Crippen molar-refractivity contribution in [3.63, 3.8) is 0 Å². The standard InChI is InChI=1S/C52H60F2N8O6/c1-27(2)44(59-49(65)67-5)47(63)61-25-29-7-8-33(19-29)41(61)15-16-43-56-38-14-11-31(22-39(38)57-43)30-9-12-34-35-13-10-32(21-37(35)52(53,54)36(34)20-30)40-24-55-46(58-40)42-23-51(17-18-51)26-62(42)48(64)45(28(3)4)60-50(66)68-6/h9-14,20-22,24,27-29,33,41-42,44-45H,7-8,15-19,23,25-26H2,1-6H3,(H,55,58)(H,56,57)(H,59,65)(H,60,66)/t29?,33-,41+,42+,44+,45+/m1/s1. The Hall–Kier alpha value is -6.32. The van der Waals surface area contributed by atoms with Gasteiger partial charge in [0, 0.05) is 42.2 Å². The fourth-order valence-electron chi connectivity index (χ4n) is 11.6. The van der Waals surface area contributed by atoms with Gasteiger partial charge < -0.3 is 39.9 Å². The van der Waals surface area contributed by atoms with Crippen molar-refractivity contribution in [3.8, 4) is 33.5 Å². The predicted octanol–water partition coefficient (Wildman–Crippen LogP) is 9.12. The first-order valence-electron chi connectivity index (χ1n) is 24.1. The molecule has 14 nitrogen and oxygen atoms in total. The zero-order valence-corrected chi connectivity index (χ0v) is 39.5. The molecule has 2 aromatic heterocycles. The van der Waals surface area contributed by atoms with Gasteiger partial charge in [0.05, 0.1) is 43.2 Å². The molecule has 4 amide bonds. The number of imidazole rings is 2. The van der Waals surface area contributed by atoms with E-state index >= 15 is 8.78 Å². The van der Waals surface area contributed by atoms with Gasteiger partial charge in [-0.2, -0.15) is 8.78 Å². The lowest BCUT2D eigenvalue weighted by Crippen LogP contribution is -2.57. The molecule has 1 unspecified atom stereocenters. The highest BCUT2D eigenvalue weighted by Crippen LogP contribution is 2.59. The zero-order chi connectivity index (χ0) is 47.8. The fraction of sp³-hybridized carbons (Fsp3) is 0.500. The van der Waals surface area contributed by atoms with Crippen LogP contribution in [0.5, 0.6) is 0 Å². The van der Waals surface area contributed by atoms with E-state index in [9.17, 15) is 19.2 Å².